The van der Waals surface area contributed by atoms with Gasteiger partial charge in [0.05, 0.1) is 10.2 Å². The van der Waals surface area contributed by atoms with Crippen LogP contribution in [0.3, 0.4) is 0 Å². The maximum Gasteiger partial charge on any atom is 0.412 e. The van der Waals surface area contributed by atoms with Gasteiger partial charge < -0.3 is 9.84 Å². The monoisotopic (exact) mass is 278 g/mol. The Bertz CT molecular complexity index is 650. The van der Waals surface area contributed by atoms with Crippen molar-refractivity contribution in [3.05, 3.63) is 36.5 Å². The molecule has 6 nitrogen and oxygen atoms in total. The van der Waals surface area contributed by atoms with Crippen LogP contribution in [0.1, 0.15) is 10.4 Å². The van der Waals surface area contributed by atoms with Crippen LogP contribution in [0.5, 0.6) is 0 Å². The highest BCUT2D eigenvalue weighted by atomic mass is 32.1. The summed E-state index contributed by atoms with van der Waals surface area (Å²) in [6, 6.07) is 3.43. The van der Waals surface area contributed by atoms with Gasteiger partial charge in [0, 0.05) is 6.20 Å². The van der Waals surface area contributed by atoms with E-state index < -0.39 is 12.1 Å². The number of carbonyl (C=O) groups excluding carboxylic acids is 1. The Morgan fingerprint density at radius 1 is 1.58 bits per heavy atom. The second kappa shape index (κ2) is 5.49. The molecule has 2 heterocycles. The number of pyridine rings is 1. The fourth-order valence-electron chi connectivity index (χ4n) is 1.48. The van der Waals surface area contributed by atoms with Crippen LogP contribution in [0.4, 0.5) is 9.80 Å². The number of thiophene rings is 1. The minimum absolute atomic E-state index is 0.0313. The van der Waals surface area contributed by atoms with E-state index >= 15 is 0 Å². The number of nitrogens with zero attached hydrogens (tertiary/aromatic N) is 1. The van der Waals surface area contributed by atoms with Crippen LogP contribution in [-0.2, 0) is 4.74 Å². The number of hydrogen-bond acceptors (Lipinski definition) is 5. The fraction of sp³-hybridized carbons (Fsp3) is 0.0833. The Balaban J connectivity index is 2.36. The summed E-state index contributed by atoms with van der Waals surface area (Å²) in [5, 5.41) is 11.8. The molecule has 7 heteroatoms. The molecule has 0 aliphatic carbocycles. The quantitative estimate of drug-likeness (QED) is 0.839. The van der Waals surface area contributed by atoms with Gasteiger partial charge in [-0.25, -0.2) is 9.59 Å². The first-order valence-electron chi connectivity index (χ1n) is 5.29. The number of carboxylic acid groups (broad SMARTS) is 1. The summed E-state index contributed by atoms with van der Waals surface area (Å²) in [4.78, 5) is 26.7. The molecule has 98 valence electrons. The first-order chi connectivity index (χ1) is 9.13. The minimum Gasteiger partial charge on any atom is -0.478 e. The van der Waals surface area contributed by atoms with E-state index in [2.05, 4.69) is 16.9 Å². The Labute approximate surface area is 112 Å². The van der Waals surface area contributed by atoms with E-state index in [0.717, 1.165) is 11.3 Å². The Morgan fingerprint density at radius 3 is 3.05 bits per heavy atom. The first kappa shape index (κ1) is 13.0. The average molecular weight is 278 g/mol. The lowest BCUT2D eigenvalue weighted by Gasteiger charge is -2.03. The Hall–Kier alpha value is -2.41. The summed E-state index contributed by atoms with van der Waals surface area (Å²) in [6.07, 6.45) is 2.19. The van der Waals surface area contributed by atoms with Crippen LogP contribution in [0.25, 0.3) is 10.2 Å². The lowest BCUT2D eigenvalue weighted by Crippen LogP contribution is -2.14. The van der Waals surface area contributed by atoms with E-state index in [4.69, 9.17) is 4.74 Å². The lowest BCUT2D eigenvalue weighted by atomic mass is 10.2. The van der Waals surface area contributed by atoms with Crippen molar-refractivity contribution in [2.75, 3.05) is 11.9 Å². The van der Waals surface area contributed by atoms with Gasteiger partial charge in [-0.3, -0.25) is 10.3 Å². The van der Waals surface area contributed by atoms with Gasteiger partial charge in [0.1, 0.15) is 17.2 Å². The smallest absolute Gasteiger partial charge is 0.412 e. The van der Waals surface area contributed by atoms with Crippen LogP contribution in [-0.4, -0.2) is 28.8 Å². The SMILES string of the molecule is C=CCOC(=O)Nc1sc2cccnc2c1C(=O)O. The molecule has 0 aliphatic heterocycles. The van der Waals surface area contributed by atoms with Gasteiger partial charge in [0.15, 0.2) is 0 Å². The number of rotatable bonds is 4. The van der Waals surface area contributed by atoms with Gasteiger partial charge in [-0.05, 0) is 12.1 Å². The van der Waals surface area contributed by atoms with Gasteiger partial charge >= 0.3 is 12.1 Å². The minimum atomic E-state index is -1.15. The van der Waals surface area contributed by atoms with Crippen molar-refractivity contribution in [1.82, 2.24) is 4.98 Å². The van der Waals surface area contributed by atoms with E-state index in [1.807, 2.05) is 0 Å². The highest BCUT2D eigenvalue weighted by Gasteiger charge is 2.21. The molecule has 0 unspecified atom stereocenters. The molecule has 2 rings (SSSR count). The van der Waals surface area contributed by atoms with Crippen LogP contribution in [0.2, 0.25) is 0 Å². The number of amides is 1. The fourth-order valence-corrected chi connectivity index (χ4v) is 2.52. The molecule has 1 amide bonds. The highest BCUT2D eigenvalue weighted by Crippen LogP contribution is 2.34. The zero-order chi connectivity index (χ0) is 13.8. The molecule has 2 aromatic heterocycles. The molecule has 0 atom stereocenters. The number of aromatic carboxylic acids is 1. The van der Waals surface area contributed by atoms with Crippen molar-refractivity contribution in [3.8, 4) is 0 Å². The van der Waals surface area contributed by atoms with Gasteiger partial charge in [-0.2, -0.15) is 0 Å². The molecule has 0 fully saturated rings. The van der Waals surface area contributed by atoms with Crippen molar-refractivity contribution in [2.45, 2.75) is 0 Å². The number of ether oxygens (including phenoxy) is 1. The predicted octanol–water partition coefficient (Wildman–Crippen LogP) is 2.73. The van der Waals surface area contributed by atoms with E-state index in [9.17, 15) is 14.7 Å². The number of anilines is 1. The van der Waals surface area contributed by atoms with Crippen molar-refractivity contribution in [2.24, 2.45) is 0 Å². The maximum atomic E-state index is 11.4. The summed E-state index contributed by atoms with van der Waals surface area (Å²) >= 11 is 1.13. The van der Waals surface area contributed by atoms with Crippen LogP contribution >= 0.6 is 11.3 Å². The van der Waals surface area contributed by atoms with Crippen molar-refractivity contribution >= 4 is 38.6 Å². The van der Waals surface area contributed by atoms with Crippen LogP contribution in [0.15, 0.2) is 31.0 Å². The van der Waals surface area contributed by atoms with Gasteiger partial charge in [0.2, 0.25) is 0 Å². The number of nitrogens with one attached hydrogen (secondary N) is 1. The van der Waals surface area contributed by atoms with Gasteiger partial charge in [-0.1, -0.05) is 12.7 Å². The Kier molecular flexibility index (Phi) is 3.76. The second-order valence-corrected chi connectivity index (χ2v) is 4.53. The maximum absolute atomic E-state index is 11.4. The van der Waals surface area contributed by atoms with E-state index in [1.54, 1.807) is 12.1 Å². The van der Waals surface area contributed by atoms with E-state index in [1.165, 1.54) is 12.3 Å². The molecule has 0 saturated carbocycles. The van der Waals surface area contributed by atoms with Crippen LogP contribution < -0.4 is 5.32 Å². The van der Waals surface area contributed by atoms with Gasteiger partial charge in [-0.15, -0.1) is 11.3 Å². The van der Waals surface area contributed by atoms with Crippen molar-refractivity contribution < 1.29 is 19.4 Å². The third-order valence-electron chi connectivity index (χ3n) is 2.21. The van der Waals surface area contributed by atoms with E-state index in [-0.39, 0.29) is 17.2 Å². The molecular weight excluding hydrogens is 268 g/mol. The lowest BCUT2D eigenvalue weighted by molar-refractivity contribution is 0.0700. The molecule has 2 N–H and O–H groups in total. The molecule has 19 heavy (non-hydrogen) atoms. The molecule has 0 aliphatic rings. The average Bonchev–Trinajstić information content (AvgIpc) is 2.74. The number of carboxylic acids is 1. The molecular formula is C12H10N2O4S. The standard InChI is InChI=1S/C12H10N2O4S/c1-2-6-18-12(17)14-10-8(11(15)16)9-7(19-10)4-3-5-13-9/h2-5H,1,6H2,(H,14,17)(H,15,16). The van der Waals surface area contributed by atoms with Gasteiger partial charge in [0.25, 0.3) is 0 Å². The van der Waals surface area contributed by atoms with Crippen molar-refractivity contribution in [3.63, 3.8) is 0 Å². The predicted molar refractivity (Wildman–Crippen MR) is 71.7 cm³/mol. The van der Waals surface area contributed by atoms with Crippen LogP contribution in [0, 0.1) is 0 Å². The number of fused-ring (bicyclic) bond motifs is 1. The summed E-state index contributed by atoms with van der Waals surface area (Å²) < 4.78 is 5.43. The largest absolute Gasteiger partial charge is 0.478 e. The summed E-state index contributed by atoms with van der Waals surface area (Å²) in [5.74, 6) is -1.15. The second-order valence-electron chi connectivity index (χ2n) is 3.47. The third kappa shape index (κ3) is 2.71. The third-order valence-corrected chi connectivity index (χ3v) is 3.27. The van der Waals surface area contributed by atoms with E-state index in [0.29, 0.717) is 10.2 Å². The molecule has 0 radical (unpaired) electrons. The number of carbonyl (C=O) groups is 2. The normalized spacial score (nSPS) is 10.1. The number of aromatic nitrogens is 1. The Morgan fingerprint density at radius 2 is 2.37 bits per heavy atom. The highest BCUT2D eigenvalue weighted by molar-refractivity contribution is 7.23. The molecule has 0 aromatic carbocycles. The molecule has 0 spiro atoms. The van der Waals surface area contributed by atoms with Crippen molar-refractivity contribution in [1.29, 1.82) is 0 Å². The summed E-state index contributed by atoms with van der Waals surface area (Å²) in [5.41, 5.74) is 0.315. The zero-order valence-corrected chi connectivity index (χ0v) is 10.6. The summed E-state index contributed by atoms with van der Waals surface area (Å²) in [7, 11) is 0. The molecule has 0 saturated heterocycles. The topological polar surface area (TPSA) is 88.5 Å². The zero-order valence-electron chi connectivity index (χ0n) is 9.75. The molecule has 2 aromatic rings. The summed E-state index contributed by atoms with van der Waals surface area (Å²) in [6.45, 7) is 3.47. The number of hydrogen-bond donors (Lipinski definition) is 2. The first-order valence-corrected chi connectivity index (χ1v) is 6.10. The molecule has 0 bridgehead atoms.